The Morgan fingerprint density at radius 2 is 2.10 bits per heavy atom. The van der Waals surface area contributed by atoms with Crippen LogP contribution in [0.4, 0.5) is 5.13 Å². The van der Waals surface area contributed by atoms with Crippen LogP contribution in [0.2, 0.25) is 0 Å². The van der Waals surface area contributed by atoms with Crippen LogP contribution in [0.3, 0.4) is 0 Å². The molecule has 4 rings (SSSR count). The highest BCUT2D eigenvalue weighted by atomic mass is 32.2. The van der Waals surface area contributed by atoms with Gasteiger partial charge < -0.3 is 30.5 Å². The molecular weight excluding hydrogens is 582 g/mol. The van der Waals surface area contributed by atoms with Crippen molar-refractivity contribution in [1.82, 2.24) is 15.2 Å². The minimum absolute atomic E-state index is 0.0362. The van der Waals surface area contributed by atoms with Gasteiger partial charge in [0, 0.05) is 28.4 Å². The third kappa shape index (κ3) is 6.72. The number of anilines is 1. The van der Waals surface area contributed by atoms with E-state index in [1.54, 1.807) is 20.8 Å². The Bertz CT molecular complexity index is 1220. The molecule has 0 aliphatic carbocycles. The average Bonchev–Trinajstić information content (AvgIpc) is 3.35. The van der Waals surface area contributed by atoms with Crippen LogP contribution in [0, 0.1) is 5.41 Å². The Kier molecular flexibility index (Phi) is 9.64. The molecule has 4 N–H and O–H groups in total. The van der Waals surface area contributed by atoms with E-state index in [2.05, 4.69) is 15.5 Å². The van der Waals surface area contributed by atoms with Crippen LogP contribution in [0.5, 0.6) is 0 Å². The number of hydrogen-bond donors (Lipinski definition) is 3. The molecule has 4 heterocycles. The molecule has 218 valence electrons. The van der Waals surface area contributed by atoms with Gasteiger partial charge in [0.25, 0.3) is 11.8 Å². The maximum absolute atomic E-state index is 13.3. The van der Waals surface area contributed by atoms with Crippen LogP contribution in [0.15, 0.2) is 21.1 Å². The number of rotatable bonds is 9. The molecule has 40 heavy (non-hydrogen) atoms. The molecule has 3 atom stereocenters. The Morgan fingerprint density at radius 1 is 1.32 bits per heavy atom. The van der Waals surface area contributed by atoms with Gasteiger partial charge in [-0.25, -0.2) is 9.78 Å². The zero-order valence-corrected chi connectivity index (χ0v) is 24.7. The van der Waals surface area contributed by atoms with Crippen molar-refractivity contribution >= 4 is 69.5 Å². The van der Waals surface area contributed by atoms with Crippen molar-refractivity contribution in [3.05, 3.63) is 21.7 Å². The summed E-state index contributed by atoms with van der Waals surface area (Å²) >= 11 is 3.86. The number of nitrogens with two attached hydrogens (primary N) is 1. The van der Waals surface area contributed by atoms with Gasteiger partial charge in [0.15, 0.2) is 10.8 Å². The molecule has 13 nitrogen and oxygen atoms in total. The summed E-state index contributed by atoms with van der Waals surface area (Å²) in [6.45, 7) is 5.11. The maximum Gasteiger partial charge on any atom is 0.358 e. The molecule has 0 aromatic carbocycles. The van der Waals surface area contributed by atoms with E-state index in [1.807, 2.05) is 0 Å². The minimum Gasteiger partial charge on any atom is -0.427 e. The number of ether oxygens (including phenoxy) is 3. The number of fused-ring (bicyclic) bond motifs is 1. The number of amides is 2. The zero-order chi connectivity index (χ0) is 29.0. The van der Waals surface area contributed by atoms with E-state index in [0.717, 1.165) is 30.6 Å². The van der Waals surface area contributed by atoms with Gasteiger partial charge >= 0.3 is 11.9 Å². The Morgan fingerprint density at radius 3 is 2.73 bits per heavy atom. The molecule has 1 aromatic heterocycles. The number of nitrogen functional groups attached to an aromatic ring is 1. The summed E-state index contributed by atoms with van der Waals surface area (Å²) in [4.78, 5) is 57.3. The van der Waals surface area contributed by atoms with Gasteiger partial charge in [-0.15, -0.1) is 34.9 Å². The number of carbonyl (C=O) groups is 4. The number of β-lactam (4-membered cyclic amide) rings is 1. The first-order valence-corrected chi connectivity index (χ1v) is 15.4. The summed E-state index contributed by atoms with van der Waals surface area (Å²) in [6, 6.07) is -0.986. The number of hydrogen-bond acceptors (Lipinski definition) is 14. The summed E-state index contributed by atoms with van der Waals surface area (Å²) in [7, 11) is 0. The molecule has 2 fully saturated rings. The SMILES string of the molecule is CC(C)(C)C(=O)OCOC(=O)C1=C(SCC2CCCCO2)CSC2C(NC(=O)/C(=N\O)c3csc(N)n3)C(=O)N12. The van der Waals surface area contributed by atoms with Gasteiger partial charge in [-0.05, 0) is 40.0 Å². The molecule has 0 saturated carbocycles. The summed E-state index contributed by atoms with van der Waals surface area (Å²) in [6.07, 6.45) is 3.02. The molecule has 16 heteroatoms. The van der Waals surface area contributed by atoms with Crippen molar-refractivity contribution in [3.8, 4) is 0 Å². The van der Waals surface area contributed by atoms with Crippen molar-refractivity contribution in [2.75, 3.05) is 30.6 Å². The largest absolute Gasteiger partial charge is 0.427 e. The lowest BCUT2D eigenvalue weighted by Gasteiger charge is -2.49. The molecule has 3 aliphatic heterocycles. The third-order valence-corrected chi connectivity index (χ3v) is 9.56. The monoisotopic (exact) mass is 613 g/mol. The fraction of sp³-hybridized carbons (Fsp3) is 0.583. The Labute approximate surface area is 243 Å². The normalized spacial score (nSPS) is 23.3. The van der Waals surface area contributed by atoms with Crippen molar-refractivity contribution in [3.63, 3.8) is 0 Å². The smallest absolute Gasteiger partial charge is 0.358 e. The maximum atomic E-state index is 13.3. The highest BCUT2D eigenvalue weighted by Gasteiger charge is 2.55. The highest BCUT2D eigenvalue weighted by Crippen LogP contribution is 2.44. The quantitative estimate of drug-likeness (QED) is 0.0920. The number of esters is 2. The number of thioether (sulfide) groups is 2. The number of nitrogens with one attached hydrogen (secondary N) is 1. The lowest BCUT2D eigenvalue weighted by molar-refractivity contribution is -0.173. The van der Waals surface area contributed by atoms with E-state index >= 15 is 0 Å². The molecule has 0 bridgehead atoms. The van der Waals surface area contributed by atoms with Crippen LogP contribution < -0.4 is 11.1 Å². The molecule has 2 amide bonds. The van der Waals surface area contributed by atoms with Gasteiger partial charge in [0.05, 0.1) is 11.5 Å². The lowest BCUT2D eigenvalue weighted by atomic mass is 9.98. The van der Waals surface area contributed by atoms with Crippen LogP contribution in [-0.4, -0.2) is 87.0 Å². The summed E-state index contributed by atoms with van der Waals surface area (Å²) in [5, 5.41) is 16.0. The fourth-order valence-corrected chi connectivity index (χ4v) is 7.31. The van der Waals surface area contributed by atoms with E-state index in [1.165, 1.54) is 33.8 Å². The van der Waals surface area contributed by atoms with Gasteiger partial charge in [0.1, 0.15) is 22.8 Å². The average molecular weight is 614 g/mol. The molecule has 0 spiro atoms. The van der Waals surface area contributed by atoms with Gasteiger partial charge in [0.2, 0.25) is 6.79 Å². The molecule has 0 radical (unpaired) electrons. The molecular formula is C24H31N5O8S3. The first-order valence-electron chi connectivity index (χ1n) is 12.5. The molecule has 2 saturated heterocycles. The van der Waals surface area contributed by atoms with Crippen LogP contribution >= 0.6 is 34.9 Å². The predicted octanol–water partition coefficient (Wildman–Crippen LogP) is 1.91. The Balaban J connectivity index is 1.48. The topological polar surface area (TPSA) is 183 Å². The van der Waals surface area contributed by atoms with E-state index in [-0.39, 0.29) is 28.3 Å². The van der Waals surface area contributed by atoms with Crippen molar-refractivity contribution < 1.29 is 38.6 Å². The predicted molar refractivity (Wildman–Crippen MR) is 149 cm³/mol. The molecule has 1 aromatic rings. The van der Waals surface area contributed by atoms with E-state index < -0.39 is 47.4 Å². The Hall–Kier alpha value is -2.82. The molecule has 3 unspecified atom stereocenters. The minimum atomic E-state index is -0.986. The van der Waals surface area contributed by atoms with Crippen LogP contribution in [0.1, 0.15) is 45.7 Å². The number of oxime groups is 1. The van der Waals surface area contributed by atoms with E-state index in [4.69, 9.17) is 19.9 Å². The first-order chi connectivity index (χ1) is 19.0. The second kappa shape index (κ2) is 12.8. The van der Waals surface area contributed by atoms with Crippen LogP contribution in [-0.2, 0) is 33.4 Å². The number of carbonyl (C=O) groups excluding carboxylic acids is 4. The second-order valence-corrected chi connectivity index (χ2v) is 13.3. The zero-order valence-electron chi connectivity index (χ0n) is 22.2. The van der Waals surface area contributed by atoms with Crippen molar-refractivity contribution in [1.29, 1.82) is 0 Å². The third-order valence-electron chi connectivity index (χ3n) is 6.20. The van der Waals surface area contributed by atoms with E-state index in [0.29, 0.717) is 23.0 Å². The van der Waals surface area contributed by atoms with Gasteiger partial charge in [-0.3, -0.25) is 19.3 Å². The van der Waals surface area contributed by atoms with Gasteiger partial charge in [-0.1, -0.05) is 5.16 Å². The van der Waals surface area contributed by atoms with Crippen molar-refractivity contribution in [2.45, 2.75) is 57.6 Å². The summed E-state index contributed by atoms with van der Waals surface area (Å²) in [5.74, 6) is -1.72. The van der Waals surface area contributed by atoms with Crippen LogP contribution in [0.25, 0.3) is 0 Å². The first kappa shape index (κ1) is 30.1. The number of nitrogens with zero attached hydrogens (tertiary/aromatic N) is 3. The standard InChI is InChI=1S/C24H31N5O8S3/c1-24(2,3)22(33)37-11-36-21(32)17-14(38-8-12-6-4-5-7-35-12)10-39-20-16(19(31)29(17)20)27-18(30)15(28-34)13-9-40-23(25)26-13/h9,12,16,20,34H,4-8,10-11H2,1-3H3,(H2,25,26)(H,27,30)/b28-15-. The van der Waals surface area contributed by atoms with Crippen molar-refractivity contribution in [2.24, 2.45) is 10.6 Å². The highest BCUT2D eigenvalue weighted by molar-refractivity contribution is 8.06. The summed E-state index contributed by atoms with van der Waals surface area (Å²) < 4.78 is 16.1. The summed E-state index contributed by atoms with van der Waals surface area (Å²) in [5.41, 5.74) is 4.56. The fourth-order valence-electron chi connectivity index (χ4n) is 4.06. The number of aromatic nitrogens is 1. The van der Waals surface area contributed by atoms with E-state index in [9.17, 15) is 24.4 Å². The number of thiazole rings is 1. The second-order valence-electron chi connectivity index (χ2n) is 10.2. The molecule has 3 aliphatic rings. The van der Waals surface area contributed by atoms with Gasteiger partial charge in [-0.2, -0.15) is 0 Å². The lowest BCUT2D eigenvalue weighted by Crippen LogP contribution is -2.71.